The lowest BCUT2D eigenvalue weighted by molar-refractivity contribution is 0.317. The highest BCUT2D eigenvalue weighted by Crippen LogP contribution is 2.18. The second kappa shape index (κ2) is 6.46. The maximum atomic E-state index is 11.5. The van der Waals surface area contributed by atoms with Crippen LogP contribution in [0.15, 0.2) is 24.3 Å². The summed E-state index contributed by atoms with van der Waals surface area (Å²) in [7, 11) is -3.35. The number of hydrogen-bond donors (Lipinski definition) is 2. The molecule has 6 heteroatoms. The van der Waals surface area contributed by atoms with Crippen LogP contribution in [-0.2, 0) is 10.0 Å². The summed E-state index contributed by atoms with van der Waals surface area (Å²) >= 11 is 0. The maximum Gasteiger partial charge on any atom is 0.233 e. The Morgan fingerprint density at radius 3 is 2.82 bits per heavy atom. The van der Waals surface area contributed by atoms with Crippen LogP contribution >= 0.6 is 0 Å². The van der Waals surface area contributed by atoms with Crippen LogP contribution in [0.4, 0.5) is 5.69 Å². The average molecular weight is 258 g/mol. The molecule has 0 aliphatic carbocycles. The average Bonchev–Trinajstić information content (AvgIpc) is 2.26. The van der Waals surface area contributed by atoms with Gasteiger partial charge < -0.3 is 10.5 Å². The van der Waals surface area contributed by atoms with Crippen LogP contribution in [0.3, 0.4) is 0 Å². The largest absolute Gasteiger partial charge is 0.494 e. The Labute approximate surface area is 102 Å². The normalized spacial score (nSPS) is 11.2. The quantitative estimate of drug-likeness (QED) is 0.769. The topological polar surface area (TPSA) is 81.4 Å². The smallest absolute Gasteiger partial charge is 0.233 e. The molecule has 0 atom stereocenters. The SMILES string of the molecule is CCCOc1cccc(NS(=O)(=O)CCN)c1. The minimum atomic E-state index is -3.35. The number of sulfonamides is 1. The third-order valence-electron chi connectivity index (χ3n) is 1.97. The Hall–Kier alpha value is -1.27. The van der Waals surface area contributed by atoms with Gasteiger partial charge in [-0.05, 0) is 18.6 Å². The van der Waals surface area contributed by atoms with Gasteiger partial charge in [-0.15, -0.1) is 0 Å². The summed E-state index contributed by atoms with van der Waals surface area (Å²) in [6.45, 7) is 2.72. The highest BCUT2D eigenvalue weighted by molar-refractivity contribution is 7.92. The van der Waals surface area contributed by atoms with Gasteiger partial charge in [-0.3, -0.25) is 4.72 Å². The summed E-state index contributed by atoms with van der Waals surface area (Å²) < 4.78 is 30.8. The molecule has 0 aliphatic rings. The Morgan fingerprint density at radius 2 is 2.18 bits per heavy atom. The van der Waals surface area contributed by atoms with Gasteiger partial charge in [0.1, 0.15) is 5.75 Å². The number of anilines is 1. The van der Waals surface area contributed by atoms with Gasteiger partial charge in [0, 0.05) is 12.6 Å². The van der Waals surface area contributed by atoms with Crippen molar-refractivity contribution in [3.8, 4) is 5.75 Å². The van der Waals surface area contributed by atoms with Crippen LogP contribution < -0.4 is 15.2 Å². The van der Waals surface area contributed by atoms with Crippen LogP contribution in [-0.4, -0.2) is 27.3 Å². The van der Waals surface area contributed by atoms with Gasteiger partial charge >= 0.3 is 0 Å². The van der Waals surface area contributed by atoms with Crippen LogP contribution in [0.5, 0.6) is 5.75 Å². The zero-order valence-corrected chi connectivity index (χ0v) is 10.7. The minimum Gasteiger partial charge on any atom is -0.494 e. The van der Waals surface area contributed by atoms with Crippen molar-refractivity contribution in [2.45, 2.75) is 13.3 Å². The lowest BCUT2D eigenvalue weighted by Gasteiger charge is -2.09. The molecular weight excluding hydrogens is 240 g/mol. The first-order valence-electron chi connectivity index (χ1n) is 5.51. The van der Waals surface area contributed by atoms with E-state index in [-0.39, 0.29) is 12.3 Å². The number of rotatable bonds is 7. The zero-order valence-electron chi connectivity index (χ0n) is 9.85. The van der Waals surface area contributed by atoms with E-state index < -0.39 is 10.0 Å². The summed E-state index contributed by atoms with van der Waals surface area (Å²) in [6.07, 6.45) is 0.906. The van der Waals surface area contributed by atoms with E-state index >= 15 is 0 Å². The van der Waals surface area contributed by atoms with Crippen molar-refractivity contribution < 1.29 is 13.2 Å². The second-order valence-corrected chi connectivity index (χ2v) is 5.43. The molecule has 1 aromatic rings. The first-order valence-corrected chi connectivity index (χ1v) is 7.16. The van der Waals surface area contributed by atoms with Gasteiger partial charge in [0.2, 0.25) is 10.0 Å². The first-order chi connectivity index (χ1) is 8.07. The summed E-state index contributed by atoms with van der Waals surface area (Å²) in [4.78, 5) is 0. The van der Waals surface area contributed by atoms with Gasteiger partial charge in [-0.25, -0.2) is 8.42 Å². The standard InChI is InChI=1S/C11H18N2O3S/c1-2-7-16-11-5-3-4-10(9-11)13-17(14,15)8-6-12/h3-5,9,13H,2,6-8,12H2,1H3. The lowest BCUT2D eigenvalue weighted by atomic mass is 10.3. The van der Waals surface area contributed by atoms with Crippen molar-refractivity contribution in [1.29, 1.82) is 0 Å². The van der Waals surface area contributed by atoms with Crippen LogP contribution in [0, 0.1) is 0 Å². The predicted molar refractivity (Wildman–Crippen MR) is 68.7 cm³/mol. The highest BCUT2D eigenvalue weighted by atomic mass is 32.2. The van der Waals surface area contributed by atoms with E-state index in [0.717, 1.165) is 6.42 Å². The monoisotopic (exact) mass is 258 g/mol. The molecule has 0 unspecified atom stereocenters. The maximum absolute atomic E-state index is 11.5. The summed E-state index contributed by atoms with van der Waals surface area (Å²) in [6, 6.07) is 6.86. The predicted octanol–water partition coefficient (Wildman–Crippen LogP) is 1.18. The van der Waals surface area contributed by atoms with Crippen molar-refractivity contribution in [3.63, 3.8) is 0 Å². The molecule has 0 saturated heterocycles. The van der Waals surface area contributed by atoms with Crippen LogP contribution in [0.1, 0.15) is 13.3 Å². The van der Waals surface area contributed by atoms with Crippen LogP contribution in [0.25, 0.3) is 0 Å². The van der Waals surface area contributed by atoms with Crippen LogP contribution in [0.2, 0.25) is 0 Å². The summed E-state index contributed by atoms with van der Waals surface area (Å²) in [5.41, 5.74) is 5.71. The van der Waals surface area contributed by atoms with Crippen molar-refractivity contribution in [1.82, 2.24) is 0 Å². The van der Waals surface area contributed by atoms with Crippen molar-refractivity contribution >= 4 is 15.7 Å². The third kappa shape index (κ3) is 5.06. The van der Waals surface area contributed by atoms with E-state index in [1.54, 1.807) is 24.3 Å². The second-order valence-electron chi connectivity index (χ2n) is 3.59. The number of nitrogens with two attached hydrogens (primary N) is 1. The molecule has 0 aromatic heterocycles. The molecule has 1 aromatic carbocycles. The number of benzene rings is 1. The van der Waals surface area contributed by atoms with E-state index in [1.165, 1.54) is 0 Å². The molecule has 3 N–H and O–H groups in total. The molecule has 0 bridgehead atoms. The molecule has 0 saturated carbocycles. The first kappa shape index (κ1) is 13.8. The molecule has 0 radical (unpaired) electrons. The van der Waals surface area contributed by atoms with E-state index in [4.69, 9.17) is 10.5 Å². The van der Waals surface area contributed by atoms with Gasteiger partial charge in [0.05, 0.1) is 18.0 Å². The molecule has 17 heavy (non-hydrogen) atoms. The third-order valence-corrected chi connectivity index (χ3v) is 3.29. The van der Waals surface area contributed by atoms with Gasteiger partial charge in [0.25, 0.3) is 0 Å². The molecule has 5 nitrogen and oxygen atoms in total. The van der Waals surface area contributed by atoms with E-state index in [0.29, 0.717) is 18.0 Å². The lowest BCUT2D eigenvalue weighted by Crippen LogP contribution is -2.22. The summed E-state index contributed by atoms with van der Waals surface area (Å²) in [5.74, 6) is 0.562. The fraction of sp³-hybridized carbons (Fsp3) is 0.455. The number of nitrogens with one attached hydrogen (secondary N) is 1. The molecule has 96 valence electrons. The molecule has 0 fully saturated rings. The molecular formula is C11H18N2O3S. The Bertz CT molecular complexity index is 446. The Kier molecular flexibility index (Phi) is 5.24. The highest BCUT2D eigenvalue weighted by Gasteiger charge is 2.09. The minimum absolute atomic E-state index is 0.0902. The summed E-state index contributed by atoms with van der Waals surface area (Å²) in [5, 5.41) is 0. The van der Waals surface area contributed by atoms with Gasteiger partial charge in [0.15, 0.2) is 0 Å². The fourth-order valence-corrected chi connectivity index (χ4v) is 2.15. The zero-order chi connectivity index (χ0) is 12.7. The Balaban J connectivity index is 2.71. The van der Waals surface area contributed by atoms with Crippen molar-refractivity contribution in [2.75, 3.05) is 23.6 Å². The Morgan fingerprint density at radius 1 is 1.41 bits per heavy atom. The van der Waals surface area contributed by atoms with E-state index in [2.05, 4.69) is 4.72 Å². The molecule has 0 amide bonds. The van der Waals surface area contributed by atoms with E-state index in [1.807, 2.05) is 6.92 Å². The molecule has 0 heterocycles. The van der Waals surface area contributed by atoms with E-state index in [9.17, 15) is 8.42 Å². The number of ether oxygens (including phenoxy) is 1. The number of hydrogen-bond acceptors (Lipinski definition) is 4. The molecule has 1 rings (SSSR count). The van der Waals surface area contributed by atoms with Crippen molar-refractivity contribution in [2.24, 2.45) is 5.73 Å². The molecule has 0 aliphatic heterocycles. The van der Waals surface area contributed by atoms with Gasteiger partial charge in [-0.2, -0.15) is 0 Å². The van der Waals surface area contributed by atoms with Gasteiger partial charge in [-0.1, -0.05) is 13.0 Å². The molecule has 0 spiro atoms. The van der Waals surface area contributed by atoms with Crippen molar-refractivity contribution in [3.05, 3.63) is 24.3 Å². The fourth-order valence-electron chi connectivity index (χ4n) is 1.26.